The van der Waals surface area contributed by atoms with Crippen LogP contribution in [-0.2, 0) is 10.3 Å². The molecular weight excluding hydrogens is 341 g/mol. The molecule has 150 valence electrons. The molecule has 0 spiro atoms. The van der Waals surface area contributed by atoms with Gasteiger partial charge in [0, 0.05) is 37.7 Å². The molecule has 1 aliphatic carbocycles. The first-order valence-electron chi connectivity index (χ1n) is 10.5. The molecule has 3 unspecified atom stereocenters. The second-order valence-corrected chi connectivity index (χ2v) is 8.08. The van der Waals surface area contributed by atoms with Crippen LogP contribution in [0.1, 0.15) is 68.4 Å². The third-order valence-electron chi connectivity index (χ3n) is 6.27. The van der Waals surface area contributed by atoms with Crippen molar-refractivity contribution < 1.29 is 14.2 Å². The third kappa shape index (κ3) is 4.79. The summed E-state index contributed by atoms with van der Waals surface area (Å²) in [5.41, 5.74) is 0.530. The maximum Gasteiger partial charge on any atom is 0.127 e. The fourth-order valence-electron chi connectivity index (χ4n) is 4.80. The molecule has 0 saturated carbocycles. The molecule has 3 rings (SSSR count). The van der Waals surface area contributed by atoms with Gasteiger partial charge in [-0.15, -0.1) is 0 Å². The number of hydrogen-bond donors (Lipinski definition) is 2. The fourth-order valence-corrected chi connectivity index (χ4v) is 4.80. The van der Waals surface area contributed by atoms with Crippen molar-refractivity contribution in [2.45, 2.75) is 62.9 Å². The number of ether oxygens (including phenoxy) is 1. The third-order valence-corrected chi connectivity index (χ3v) is 6.27. The highest BCUT2D eigenvalue weighted by Crippen LogP contribution is 2.44. The Labute approximate surface area is 163 Å². The average molecular weight is 376 g/mol. The number of hydrogen-bond acceptors (Lipinski definition) is 3. The molecule has 0 amide bonds. The Morgan fingerprint density at radius 1 is 1.26 bits per heavy atom. The van der Waals surface area contributed by atoms with Crippen LogP contribution in [0, 0.1) is 11.7 Å². The van der Waals surface area contributed by atoms with Crippen LogP contribution in [0.15, 0.2) is 30.4 Å². The molecule has 1 aromatic carbocycles. The standard InChI is InChI=1S/C23H34FNO2/c1-27-16-6-5-14-23(26,19-11-8-15-25-17-19)20-12-7-13-21(24)22(20)18-9-3-2-4-10-18/h3,7,9,12-13,18-19,25-26H,2,4-6,8,10-11,14-17H2,1H3. The van der Waals surface area contributed by atoms with E-state index >= 15 is 0 Å². The van der Waals surface area contributed by atoms with Gasteiger partial charge >= 0.3 is 0 Å². The van der Waals surface area contributed by atoms with Gasteiger partial charge in [0.2, 0.25) is 0 Å². The maximum atomic E-state index is 15.0. The Hall–Kier alpha value is -1.23. The molecule has 3 atom stereocenters. The Balaban J connectivity index is 1.96. The monoisotopic (exact) mass is 375 g/mol. The largest absolute Gasteiger partial charge is 0.385 e. The van der Waals surface area contributed by atoms with E-state index in [1.54, 1.807) is 19.2 Å². The van der Waals surface area contributed by atoms with E-state index in [1.165, 1.54) is 0 Å². The topological polar surface area (TPSA) is 41.5 Å². The summed E-state index contributed by atoms with van der Waals surface area (Å²) in [4.78, 5) is 0. The number of piperidine rings is 1. The summed E-state index contributed by atoms with van der Waals surface area (Å²) in [6, 6.07) is 5.27. The lowest BCUT2D eigenvalue weighted by Crippen LogP contribution is -2.45. The van der Waals surface area contributed by atoms with Gasteiger partial charge in [-0.3, -0.25) is 0 Å². The Morgan fingerprint density at radius 2 is 2.15 bits per heavy atom. The molecule has 2 aliphatic rings. The number of allylic oxidation sites excluding steroid dienone is 2. The summed E-state index contributed by atoms with van der Waals surface area (Å²) in [6.07, 6.45) is 11.8. The average Bonchev–Trinajstić information content (AvgIpc) is 2.72. The van der Waals surface area contributed by atoms with Crippen molar-refractivity contribution in [2.24, 2.45) is 5.92 Å². The number of benzene rings is 1. The van der Waals surface area contributed by atoms with E-state index in [1.807, 2.05) is 6.07 Å². The van der Waals surface area contributed by atoms with Crippen molar-refractivity contribution in [2.75, 3.05) is 26.8 Å². The number of unbranched alkanes of at least 4 members (excludes halogenated alkanes) is 1. The van der Waals surface area contributed by atoms with Crippen LogP contribution in [0.25, 0.3) is 0 Å². The lowest BCUT2D eigenvalue weighted by molar-refractivity contribution is -0.0445. The second-order valence-electron chi connectivity index (χ2n) is 8.08. The van der Waals surface area contributed by atoms with Crippen LogP contribution in [0.5, 0.6) is 0 Å². The van der Waals surface area contributed by atoms with Crippen molar-refractivity contribution in [1.82, 2.24) is 5.32 Å². The van der Waals surface area contributed by atoms with E-state index < -0.39 is 5.60 Å². The first-order chi connectivity index (χ1) is 13.2. The molecule has 4 heteroatoms. The van der Waals surface area contributed by atoms with Gasteiger partial charge in [0.15, 0.2) is 0 Å². The molecule has 2 N–H and O–H groups in total. The van der Waals surface area contributed by atoms with Crippen LogP contribution in [0.3, 0.4) is 0 Å². The minimum atomic E-state index is -0.996. The van der Waals surface area contributed by atoms with Crippen molar-refractivity contribution in [1.29, 1.82) is 0 Å². The normalized spacial score (nSPS) is 25.3. The van der Waals surface area contributed by atoms with Gasteiger partial charge in [-0.05, 0) is 69.5 Å². The predicted molar refractivity (Wildman–Crippen MR) is 107 cm³/mol. The van der Waals surface area contributed by atoms with Gasteiger partial charge < -0.3 is 15.2 Å². The zero-order valence-corrected chi connectivity index (χ0v) is 16.6. The number of rotatable bonds is 8. The Kier molecular flexibility index (Phi) is 7.45. The lowest BCUT2D eigenvalue weighted by Gasteiger charge is -2.41. The summed E-state index contributed by atoms with van der Waals surface area (Å²) in [7, 11) is 1.71. The van der Waals surface area contributed by atoms with Crippen LogP contribution in [0.2, 0.25) is 0 Å². The molecule has 0 radical (unpaired) electrons. The smallest absolute Gasteiger partial charge is 0.127 e. The molecule has 1 heterocycles. The van der Waals surface area contributed by atoms with E-state index in [9.17, 15) is 9.50 Å². The van der Waals surface area contributed by atoms with Gasteiger partial charge in [-0.2, -0.15) is 0 Å². The molecule has 1 aromatic rings. The highest BCUT2D eigenvalue weighted by molar-refractivity contribution is 5.39. The molecule has 1 saturated heterocycles. The number of aliphatic hydroxyl groups is 1. The maximum absolute atomic E-state index is 15.0. The van der Waals surface area contributed by atoms with Crippen molar-refractivity contribution in [3.8, 4) is 0 Å². The number of methoxy groups -OCH3 is 1. The minimum absolute atomic E-state index is 0.0667. The molecule has 3 nitrogen and oxygen atoms in total. The summed E-state index contributed by atoms with van der Waals surface area (Å²) in [6.45, 7) is 2.48. The van der Waals surface area contributed by atoms with Crippen molar-refractivity contribution in [3.63, 3.8) is 0 Å². The molecule has 1 aliphatic heterocycles. The van der Waals surface area contributed by atoms with Crippen LogP contribution in [-0.4, -0.2) is 31.9 Å². The molecular formula is C23H34FNO2. The molecule has 0 aromatic heterocycles. The van der Waals surface area contributed by atoms with Gasteiger partial charge in [0.25, 0.3) is 0 Å². The number of halogens is 1. The molecule has 27 heavy (non-hydrogen) atoms. The van der Waals surface area contributed by atoms with E-state index in [2.05, 4.69) is 17.5 Å². The lowest BCUT2D eigenvalue weighted by atomic mass is 9.71. The van der Waals surface area contributed by atoms with Crippen molar-refractivity contribution in [3.05, 3.63) is 47.3 Å². The van der Waals surface area contributed by atoms with Crippen LogP contribution in [0.4, 0.5) is 4.39 Å². The second kappa shape index (κ2) is 9.81. The van der Waals surface area contributed by atoms with E-state index in [0.29, 0.717) is 18.6 Å². The van der Waals surface area contributed by atoms with Gasteiger partial charge in [0.1, 0.15) is 5.82 Å². The summed E-state index contributed by atoms with van der Waals surface area (Å²) >= 11 is 0. The highest BCUT2D eigenvalue weighted by atomic mass is 19.1. The van der Waals surface area contributed by atoms with Gasteiger partial charge in [-0.1, -0.05) is 24.3 Å². The summed E-state index contributed by atoms with van der Waals surface area (Å²) in [5, 5.41) is 15.4. The van der Waals surface area contributed by atoms with E-state index in [4.69, 9.17) is 4.74 Å². The van der Waals surface area contributed by atoms with Gasteiger partial charge in [-0.25, -0.2) is 4.39 Å². The zero-order chi connectivity index (χ0) is 19.1. The van der Waals surface area contributed by atoms with Crippen LogP contribution < -0.4 is 5.32 Å². The van der Waals surface area contributed by atoms with Gasteiger partial charge in [0.05, 0.1) is 5.60 Å². The highest BCUT2D eigenvalue weighted by Gasteiger charge is 2.41. The van der Waals surface area contributed by atoms with E-state index in [-0.39, 0.29) is 17.7 Å². The Morgan fingerprint density at radius 3 is 2.85 bits per heavy atom. The van der Waals surface area contributed by atoms with Crippen molar-refractivity contribution >= 4 is 0 Å². The Bertz CT molecular complexity index is 627. The first-order valence-corrected chi connectivity index (χ1v) is 10.5. The van der Waals surface area contributed by atoms with E-state index in [0.717, 1.165) is 63.6 Å². The molecule has 0 bridgehead atoms. The zero-order valence-electron chi connectivity index (χ0n) is 16.6. The van der Waals surface area contributed by atoms with Crippen LogP contribution >= 0.6 is 0 Å². The number of nitrogens with one attached hydrogen (secondary N) is 1. The SMILES string of the molecule is COCCCCC(O)(c1cccc(F)c1C1C=CCCC1)C1CCCNC1. The quantitative estimate of drug-likeness (QED) is 0.513. The fraction of sp³-hybridized carbons (Fsp3) is 0.652. The first kappa shape index (κ1) is 20.5. The molecule has 1 fully saturated rings. The summed E-state index contributed by atoms with van der Waals surface area (Å²) in [5.74, 6) is 0.00190. The summed E-state index contributed by atoms with van der Waals surface area (Å²) < 4.78 is 20.2. The predicted octanol–water partition coefficient (Wildman–Crippen LogP) is 4.65. The minimum Gasteiger partial charge on any atom is -0.385 e.